The van der Waals surface area contributed by atoms with Crippen molar-refractivity contribution in [3.63, 3.8) is 0 Å². The highest BCUT2D eigenvalue weighted by atomic mass is 16.5. The average molecular weight is 396 g/mol. The number of nitrogens with zero attached hydrogens (tertiary/aromatic N) is 1. The zero-order valence-corrected chi connectivity index (χ0v) is 15.7. The Balaban J connectivity index is 1.43. The number of aromatic carboxylic acids is 1. The summed E-state index contributed by atoms with van der Waals surface area (Å²) in [6.07, 6.45) is 0.597. The van der Waals surface area contributed by atoms with E-state index in [1.807, 2.05) is 18.2 Å². The fourth-order valence-electron chi connectivity index (χ4n) is 3.59. The molecule has 2 heterocycles. The van der Waals surface area contributed by atoms with Crippen LogP contribution < -0.4 is 15.1 Å². The number of likely N-dealkylation sites (tertiary alicyclic amines) is 1. The second-order valence-electron chi connectivity index (χ2n) is 7.21. The number of aryl methyl sites for hydroxylation is 1. The van der Waals surface area contributed by atoms with E-state index in [9.17, 15) is 19.7 Å². The second-order valence-corrected chi connectivity index (χ2v) is 7.21. The summed E-state index contributed by atoms with van der Waals surface area (Å²) in [5, 5.41) is 19.3. The van der Waals surface area contributed by atoms with Gasteiger partial charge in [0.2, 0.25) is 5.91 Å². The first-order valence-corrected chi connectivity index (χ1v) is 9.44. The summed E-state index contributed by atoms with van der Waals surface area (Å²) in [6, 6.07) is 11.7. The van der Waals surface area contributed by atoms with Gasteiger partial charge in [0.1, 0.15) is 29.2 Å². The standard InChI is InChI=1S/C20H21BN2O6/c22-17(12-4-2-1-3-5-12)19(24)23-10-14(11-23)28-15-7-6-13-8-9-21(27)29-18(13)16(15)20(25)26/h1-7,14,17,27H,8-11,22H2,(H,25,26). The molecule has 2 aromatic rings. The molecule has 4 rings (SSSR count). The highest BCUT2D eigenvalue weighted by Crippen LogP contribution is 2.37. The molecule has 2 aliphatic rings. The van der Waals surface area contributed by atoms with E-state index in [-0.39, 0.29) is 29.1 Å². The minimum Gasteiger partial charge on any atom is -0.535 e. The van der Waals surface area contributed by atoms with Crippen molar-refractivity contribution >= 4 is 19.0 Å². The molecule has 1 fully saturated rings. The van der Waals surface area contributed by atoms with Crippen LogP contribution in [0.15, 0.2) is 42.5 Å². The van der Waals surface area contributed by atoms with Gasteiger partial charge in [0, 0.05) is 0 Å². The molecule has 8 nitrogen and oxygen atoms in total. The number of carbonyl (C=O) groups is 2. The van der Waals surface area contributed by atoms with Gasteiger partial charge in [-0.05, 0) is 29.9 Å². The van der Waals surface area contributed by atoms with Gasteiger partial charge < -0.3 is 30.2 Å². The lowest BCUT2D eigenvalue weighted by Crippen LogP contribution is -2.58. The Labute approximate surface area is 168 Å². The summed E-state index contributed by atoms with van der Waals surface area (Å²) < 4.78 is 11.2. The largest absolute Gasteiger partial charge is 0.535 e. The second kappa shape index (κ2) is 7.77. The third-order valence-corrected chi connectivity index (χ3v) is 5.21. The van der Waals surface area contributed by atoms with Gasteiger partial charge in [0.25, 0.3) is 0 Å². The third-order valence-electron chi connectivity index (χ3n) is 5.21. The van der Waals surface area contributed by atoms with Crippen molar-refractivity contribution in [3.8, 4) is 11.5 Å². The number of carbonyl (C=O) groups excluding carboxylic acids is 1. The van der Waals surface area contributed by atoms with Crippen molar-refractivity contribution in [3.05, 3.63) is 59.2 Å². The molecule has 0 aliphatic carbocycles. The lowest BCUT2D eigenvalue weighted by Gasteiger charge is -2.40. The summed E-state index contributed by atoms with van der Waals surface area (Å²) in [6.45, 7) is 0.637. The van der Waals surface area contributed by atoms with Crippen molar-refractivity contribution in [2.24, 2.45) is 5.73 Å². The fraction of sp³-hybridized carbons (Fsp3) is 0.300. The van der Waals surface area contributed by atoms with Crippen LogP contribution in [-0.4, -0.2) is 53.2 Å². The maximum atomic E-state index is 12.5. The number of rotatable bonds is 5. The Morgan fingerprint density at radius 2 is 1.93 bits per heavy atom. The monoisotopic (exact) mass is 396 g/mol. The van der Waals surface area contributed by atoms with Crippen molar-refractivity contribution in [2.75, 3.05) is 13.1 Å². The van der Waals surface area contributed by atoms with Gasteiger partial charge in [0.05, 0.1) is 13.1 Å². The Hall–Kier alpha value is -3.04. The van der Waals surface area contributed by atoms with E-state index in [0.29, 0.717) is 25.8 Å². The molecular weight excluding hydrogens is 375 g/mol. The number of ether oxygens (including phenoxy) is 1. The van der Waals surface area contributed by atoms with Crippen molar-refractivity contribution in [2.45, 2.75) is 24.9 Å². The van der Waals surface area contributed by atoms with Crippen LogP contribution in [0, 0.1) is 0 Å². The quantitative estimate of drug-likeness (QED) is 0.647. The molecule has 0 radical (unpaired) electrons. The summed E-state index contributed by atoms with van der Waals surface area (Å²) in [7, 11) is -1.04. The lowest BCUT2D eigenvalue weighted by molar-refractivity contribution is -0.141. The van der Waals surface area contributed by atoms with E-state index >= 15 is 0 Å². The van der Waals surface area contributed by atoms with E-state index in [1.165, 1.54) is 0 Å². The summed E-state index contributed by atoms with van der Waals surface area (Å²) >= 11 is 0. The van der Waals surface area contributed by atoms with Gasteiger partial charge in [-0.25, -0.2) is 4.79 Å². The number of hydrogen-bond acceptors (Lipinski definition) is 6. The van der Waals surface area contributed by atoms with Gasteiger partial charge in [-0.3, -0.25) is 4.79 Å². The Morgan fingerprint density at radius 1 is 1.21 bits per heavy atom. The SMILES string of the molecule is NC(C(=O)N1CC(Oc2ccc3c(c2C(=O)O)OB(O)CC3)C1)c1ccccc1. The molecule has 0 bridgehead atoms. The molecule has 1 unspecified atom stereocenters. The predicted molar refractivity (Wildman–Crippen MR) is 105 cm³/mol. The smallest absolute Gasteiger partial charge is 0.522 e. The number of carboxylic acids is 1. The lowest BCUT2D eigenvalue weighted by atomic mass is 9.78. The molecule has 9 heteroatoms. The summed E-state index contributed by atoms with van der Waals surface area (Å²) in [5.41, 5.74) is 7.40. The van der Waals surface area contributed by atoms with E-state index in [1.54, 1.807) is 29.2 Å². The molecular formula is C20H21BN2O6. The summed E-state index contributed by atoms with van der Waals surface area (Å²) in [5.74, 6) is -1.09. The molecule has 2 aliphatic heterocycles. The molecule has 0 spiro atoms. The molecule has 4 N–H and O–H groups in total. The maximum absolute atomic E-state index is 12.5. The number of carboxylic acid groups (broad SMARTS) is 1. The first kappa shape index (κ1) is 19.3. The van der Waals surface area contributed by atoms with Crippen molar-refractivity contribution in [1.29, 1.82) is 0 Å². The van der Waals surface area contributed by atoms with Crippen LogP contribution in [0.2, 0.25) is 6.32 Å². The van der Waals surface area contributed by atoms with Crippen molar-refractivity contribution < 1.29 is 29.1 Å². The molecule has 150 valence electrons. The number of amides is 1. The van der Waals surface area contributed by atoms with Gasteiger partial charge >= 0.3 is 13.1 Å². The van der Waals surface area contributed by atoms with E-state index in [0.717, 1.165) is 11.1 Å². The van der Waals surface area contributed by atoms with Crippen molar-refractivity contribution in [1.82, 2.24) is 4.90 Å². The number of hydrogen-bond donors (Lipinski definition) is 3. The van der Waals surface area contributed by atoms with E-state index in [2.05, 4.69) is 0 Å². The Morgan fingerprint density at radius 3 is 2.62 bits per heavy atom. The first-order valence-electron chi connectivity index (χ1n) is 9.44. The minimum atomic E-state index is -1.19. The maximum Gasteiger partial charge on any atom is 0.522 e. The third kappa shape index (κ3) is 3.79. The van der Waals surface area contributed by atoms with Crippen LogP contribution in [0.5, 0.6) is 11.5 Å². The van der Waals surface area contributed by atoms with Crippen LogP contribution in [-0.2, 0) is 11.2 Å². The highest BCUT2D eigenvalue weighted by molar-refractivity contribution is 6.44. The van der Waals surface area contributed by atoms with Crippen LogP contribution >= 0.6 is 0 Å². The minimum absolute atomic E-state index is 0.105. The Bertz CT molecular complexity index is 932. The van der Waals surface area contributed by atoms with Gasteiger partial charge in [-0.1, -0.05) is 36.4 Å². The predicted octanol–water partition coefficient (Wildman–Crippen LogP) is 1.09. The molecule has 2 aromatic carbocycles. The molecule has 1 amide bonds. The van der Waals surface area contributed by atoms with Gasteiger partial charge in [0.15, 0.2) is 0 Å². The van der Waals surface area contributed by atoms with Crippen LogP contribution in [0.1, 0.15) is 27.5 Å². The van der Waals surface area contributed by atoms with Gasteiger partial charge in [-0.15, -0.1) is 0 Å². The molecule has 1 saturated heterocycles. The normalized spacial score (nSPS) is 17.0. The van der Waals surface area contributed by atoms with Gasteiger partial charge in [-0.2, -0.15) is 0 Å². The van der Waals surface area contributed by atoms with Crippen LogP contribution in [0.3, 0.4) is 0 Å². The number of benzene rings is 2. The summed E-state index contributed by atoms with van der Waals surface area (Å²) in [4.78, 5) is 25.9. The highest BCUT2D eigenvalue weighted by Gasteiger charge is 2.37. The number of nitrogens with two attached hydrogens (primary N) is 1. The van der Waals surface area contributed by atoms with Crippen LogP contribution in [0.25, 0.3) is 0 Å². The Kier molecular flexibility index (Phi) is 5.17. The molecule has 29 heavy (non-hydrogen) atoms. The fourth-order valence-corrected chi connectivity index (χ4v) is 3.59. The molecule has 0 aromatic heterocycles. The number of fused-ring (bicyclic) bond motifs is 1. The molecule has 0 saturated carbocycles. The topological polar surface area (TPSA) is 122 Å². The zero-order valence-electron chi connectivity index (χ0n) is 15.7. The molecule has 1 atom stereocenters. The zero-order chi connectivity index (χ0) is 20.5. The van der Waals surface area contributed by atoms with E-state index in [4.69, 9.17) is 15.1 Å². The average Bonchev–Trinajstić information content (AvgIpc) is 2.69. The first-order chi connectivity index (χ1) is 13.9. The van der Waals surface area contributed by atoms with E-state index < -0.39 is 19.1 Å². The van der Waals surface area contributed by atoms with Crippen LogP contribution in [0.4, 0.5) is 0 Å².